The molecule has 1 amide bonds. The monoisotopic (exact) mass is 960 g/mol. The molecular formula is C63H125NO4. The summed E-state index contributed by atoms with van der Waals surface area (Å²) in [7, 11) is 0. The quantitative estimate of drug-likeness (QED) is 0.0361. The number of hydrogen-bond acceptors (Lipinski definition) is 4. The zero-order chi connectivity index (χ0) is 49.3. The van der Waals surface area contributed by atoms with Gasteiger partial charge in [-0.1, -0.05) is 328 Å². The first-order valence-electron chi connectivity index (χ1n) is 31.5. The molecule has 0 rings (SSSR count). The van der Waals surface area contributed by atoms with Crippen LogP contribution < -0.4 is 5.32 Å². The Balaban J connectivity index is 3.47. The van der Waals surface area contributed by atoms with E-state index in [2.05, 4.69) is 31.3 Å². The lowest BCUT2D eigenvalue weighted by molar-refractivity contribution is -0.125. The molecule has 5 nitrogen and oxygen atoms in total. The summed E-state index contributed by atoms with van der Waals surface area (Å²) in [6, 6.07) is -0.657. The minimum Gasteiger partial charge on any atom is -0.394 e. The Bertz CT molecular complexity index is 971. The molecule has 3 atom stereocenters. The molecule has 0 heterocycles. The van der Waals surface area contributed by atoms with Crippen LogP contribution >= 0.6 is 0 Å². The van der Waals surface area contributed by atoms with Crippen molar-refractivity contribution in [2.24, 2.45) is 0 Å². The summed E-state index contributed by atoms with van der Waals surface area (Å²) in [5.41, 5.74) is 0. The molecule has 4 N–H and O–H groups in total. The summed E-state index contributed by atoms with van der Waals surface area (Å²) in [6.45, 7) is 4.31. The standard InChI is InChI=1S/C63H125NO4/c1-3-5-7-9-11-13-15-17-19-21-23-25-27-28-29-30-31-32-33-34-35-36-38-40-42-44-46-48-50-52-54-56-60(66)58-63(68)64-61(59-65)62(67)57-55-53-51-49-47-45-43-41-39-37-26-24-22-20-18-16-14-12-10-8-6-4-2/h28-29,60-62,65-67H,3-27,30-59H2,1-2H3,(H,64,68)/b29-28-. The van der Waals surface area contributed by atoms with Gasteiger partial charge in [-0.2, -0.15) is 0 Å². The summed E-state index contributed by atoms with van der Waals surface area (Å²) in [5.74, 6) is -0.275. The highest BCUT2D eigenvalue weighted by Crippen LogP contribution is 2.19. The van der Waals surface area contributed by atoms with E-state index in [0.717, 1.165) is 25.7 Å². The Kier molecular flexibility index (Phi) is 57.9. The average molecular weight is 961 g/mol. The van der Waals surface area contributed by atoms with Crippen molar-refractivity contribution in [3.8, 4) is 0 Å². The van der Waals surface area contributed by atoms with Crippen LogP contribution in [0.2, 0.25) is 0 Å². The second kappa shape index (κ2) is 58.7. The average Bonchev–Trinajstić information content (AvgIpc) is 3.33. The molecule has 0 aliphatic rings. The molecule has 0 aromatic heterocycles. The maximum Gasteiger partial charge on any atom is 0.222 e. The lowest BCUT2D eigenvalue weighted by Crippen LogP contribution is -2.46. The summed E-state index contributed by atoms with van der Waals surface area (Å²) < 4.78 is 0. The van der Waals surface area contributed by atoms with Crippen LogP contribution in [-0.4, -0.2) is 46.1 Å². The molecular weight excluding hydrogens is 835 g/mol. The van der Waals surface area contributed by atoms with Crippen LogP contribution in [0.5, 0.6) is 0 Å². The molecule has 0 spiro atoms. The van der Waals surface area contributed by atoms with Crippen LogP contribution in [0.25, 0.3) is 0 Å². The molecule has 406 valence electrons. The molecule has 0 radical (unpaired) electrons. The molecule has 0 bridgehead atoms. The van der Waals surface area contributed by atoms with Crippen molar-refractivity contribution in [3.63, 3.8) is 0 Å². The van der Waals surface area contributed by atoms with E-state index in [9.17, 15) is 20.1 Å². The number of aliphatic hydroxyl groups is 3. The fourth-order valence-corrected chi connectivity index (χ4v) is 10.3. The molecule has 0 aliphatic heterocycles. The van der Waals surface area contributed by atoms with Gasteiger partial charge in [0.15, 0.2) is 0 Å². The van der Waals surface area contributed by atoms with Gasteiger partial charge in [0.05, 0.1) is 31.3 Å². The zero-order valence-electron chi connectivity index (χ0n) is 46.5. The van der Waals surface area contributed by atoms with E-state index < -0.39 is 18.2 Å². The molecule has 0 aliphatic carbocycles. The third-order valence-corrected chi connectivity index (χ3v) is 15.1. The number of carbonyl (C=O) groups excluding carboxylic acids is 1. The zero-order valence-corrected chi connectivity index (χ0v) is 46.5. The van der Waals surface area contributed by atoms with Crippen LogP contribution in [0.1, 0.15) is 361 Å². The maximum atomic E-state index is 12.6. The lowest BCUT2D eigenvalue weighted by Gasteiger charge is -2.23. The maximum absolute atomic E-state index is 12.6. The number of allylic oxidation sites excluding steroid dienone is 2. The third-order valence-electron chi connectivity index (χ3n) is 15.1. The van der Waals surface area contributed by atoms with Gasteiger partial charge in [-0.05, 0) is 38.5 Å². The summed E-state index contributed by atoms with van der Waals surface area (Å²) >= 11 is 0. The van der Waals surface area contributed by atoms with Gasteiger partial charge in [-0.15, -0.1) is 0 Å². The van der Waals surface area contributed by atoms with Crippen molar-refractivity contribution in [3.05, 3.63) is 12.2 Å². The van der Waals surface area contributed by atoms with Crippen LogP contribution in [-0.2, 0) is 4.79 Å². The van der Waals surface area contributed by atoms with Gasteiger partial charge in [-0.3, -0.25) is 4.79 Å². The highest BCUT2D eigenvalue weighted by atomic mass is 16.3. The van der Waals surface area contributed by atoms with E-state index in [1.807, 2.05) is 0 Å². The van der Waals surface area contributed by atoms with Gasteiger partial charge in [0, 0.05) is 0 Å². The highest BCUT2D eigenvalue weighted by molar-refractivity contribution is 5.76. The summed E-state index contributed by atoms with van der Waals surface area (Å²) in [5, 5.41) is 33.7. The van der Waals surface area contributed by atoms with Crippen molar-refractivity contribution >= 4 is 5.91 Å². The minimum atomic E-state index is -0.748. The van der Waals surface area contributed by atoms with Crippen LogP contribution in [0.4, 0.5) is 0 Å². The predicted molar refractivity (Wildman–Crippen MR) is 301 cm³/mol. The smallest absolute Gasteiger partial charge is 0.222 e. The van der Waals surface area contributed by atoms with Crippen molar-refractivity contribution in [2.75, 3.05) is 6.61 Å². The largest absolute Gasteiger partial charge is 0.394 e. The number of hydrogen-bond donors (Lipinski definition) is 4. The van der Waals surface area contributed by atoms with Crippen LogP contribution in [0.3, 0.4) is 0 Å². The van der Waals surface area contributed by atoms with Gasteiger partial charge >= 0.3 is 0 Å². The Morgan fingerprint density at radius 2 is 0.588 bits per heavy atom. The normalized spacial score (nSPS) is 13.2. The Labute approximate surface area is 427 Å². The molecule has 0 saturated carbocycles. The molecule has 0 aromatic rings. The second-order valence-electron chi connectivity index (χ2n) is 22.0. The fourth-order valence-electron chi connectivity index (χ4n) is 10.3. The molecule has 0 saturated heterocycles. The molecule has 5 heteroatoms. The van der Waals surface area contributed by atoms with Gasteiger partial charge in [0.2, 0.25) is 5.91 Å². The second-order valence-corrected chi connectivity index (χ2v) is 22.0. The van der Waals surface area contributed by atoms with Gasteiger partial charge in [-0.25, -0.2) is 0 Å². The Hall–Kier alpha value is -0.910. The van der Waals surface area contributed by atoms with E-state index in [1.165, 1.54) is 302 Å². The molecule has 3 unspecified atom stereocenters. The van der Waals surface area contributed by atoms with Crippen molar-refractivity contribution in [1.29, 1.82) is 0 Å². The summed E-state index contributed by atoms with van der Waals surface area (Å²) in [4.78, 5) is 12.6. The summed E-state index contributed by atoms with van der Waals surface area (Å²) in [6.07, 6.45) is 74.0. The van der Waals surface area contributed by atoms with E-state index >= 15 is 0 Å². The van der Waals surface area contributed by atoms with E-state index in [1.54, 1.807) is 0 Å². The van der Waals surface area contributed by atoms with Crippen molar-refractivity contribution < 1.29 is 20.1 Å². The topological polar surface area (TPSA) is 89.8 Å². The minimum absolute atomic E-state index is 0.0415. The Morgan fingerprint density at radius 1 is 0.353 bits per heavy atom. The number of amides is 1. The predicted octanol–water partition coefficient (Wildman–Crippen LogP) is 19.8. The van der Waals surface area contributed by atoms with Crippen LogP contribution in [0.15, 0.2) is 12.2 Å². The van der Waals surface area contributed by atoms with E-state index in [4.69, 9.17) is 0 Å². The lowest BCUT2D eigenvalue weighted by atomic mass is 10.0. The molecule has 0 fully saturated rings. The van der Waals surface area contributed by atoms with Crippen molar-refractivity contribution in [1.82, 2.24) is 5.32 Å². The van der Waals surface area contributed by atoms with Gasteiger partial charge in [0.1, 0.15) is 0 Å². The van der Waals surface area contributed by atoms with Gasteiger partial charge < -0.3 is 20.6 Å². The number of nitrogens with one attached hydrogen (secondary N) is 1. The fraction of sp³-hybridized carbons (Fsp3) is 0.952. The molecule has 0 aromatic carbocycles. The Morgan fingerprint density at radius 3 is 0.853 bits per heavy atom. The van der Waals surface area contributed by atoms with E-state index in [0.29, 0.717) is 12.8 Å². The first-order valence-corrected chi connectivity index (χ1v) is 31.5. The number of rotatable bonds is 59. The number of unbranched alkanes of at least 4 members (excludes halogenated alkanes) is 48. The van der Waals surface area contributed by atoms with Crippen molar-refractivity contribution in [2.45, 2.75) is 379 Å². The first-order chi connectivity index (χ1) is 33.5. The number of aliphatic hydroxyl groups excluding tert-OH is 3. The first kappa shape index (κ1) is 67.1. The molecule has 68 heavy (non-hydrogen) atoms. The number of carbonyl (C=O) groups is 1. The third kappa shape index (κ3) is 54.4. The SMILES string of the molecule is CCCCCCCCCCCCCC/C=C\CCCCCCCCCCCCCCCCCC(O)CC(=O)NC(CO)C(O)CCCCCCCCCCCCCCCCCCCCCCCC. The van der Waals surface area contributed by atoms with E-state index in [-0.39, 0.29) is 18.9 Å². The van der Waals surface area contributed by atoms with Crippen LogP contribution in [0, 0.1) is 0 Å². The van der Waals surface area contributed by atoms with Gasteiger partial charge in [0.25, 0.3) is 0 Å². The highest BCUT2D eigenvalue weighted by Gasteiger charge is 2.21.